The van der Waals surface area contributed by atoms with Crippen molar-refractivity contribution < 1.29 is 0 Å². The lowest BCUT2D eigenvalue weighted by Crippen LogP contribution is -2.22. The molecule has 3 nitrogen and oxygen atoms in total. The van der Waals surface area contributed by atoms with Crippen LogP contribution in [0, 0.1) is 0 Å². The van der Waals surface area contributed by atoms with Crippen molar-refractivity contribution in [3.05, 3.63) is 0 Å². The minimum Gasteiger partial charge on any atom is -0.370 e. The van der Waals surface area contributed by atoms with Crippen LogP contribution in [0.25, 0.3) is 0 Å². The number of hydrogen-bond donors (Lipinski definition) is 2. The number of guanidine groups is 1. The predicted molar refractivity (Wildman–Crippen MR) is 36.7 cm³/mol. The summed E-state index contributed by atoms with van der Waals surface area (Å²) >= 11 is 0. The molecule has 0 aromatic rings. The van der Waals surface area contributed by atoms with E-state index in [4.69, 9.17) is 11.5 Å². The largest absolute Gasteiger partial charge is 0.370 e. The van der Waals surface area contributed by atoms with Gasteiger partial charge in [-0.1, -0.05) is 0 Å². The molecule has 0 aliphatic carbocycles. The molecule has 0 heterocycles. The smallest absolute Gasteiger partial charge is 0.185 e. The van der Waals surface area contributed by atoms with Crippen LogP contribution in [0.4, 0.5) is 0 Å². The van der Waals surface area contributed by atoms with Gasteiger partial charge in [0.25, 0.3) is 0 Å². The number of aliphatic imine (C=N–C) groups is 1. The highest BCUT2D eigenvalue weighted by molar-refractivity contribution is 7.59. The van der Waals surface area contributed by atoms with Gasteiger partial charge in [-0.3, -0.25) is 4.99 Å². The van der Waals surface area contributed by atoms with Gasteiger partial charge in [0.2, 0.25) is 0 Å². The third-order valence-electron chi connectivity index (χ3n) is 0.341. The van der Waals surface area contributed by atoms with Crippen molar-refractivity contribution in [2.75, 3.05) is 6.54 Å². The Bertz CT molecular complexity index is 57.2. The average molecular weight is 121 g/mol. The summed E-state index contributed by atoms with van der Waals surface area (Å²) < 4.78 is 0. The molecule has 7 heavy (non-hydrogen) atoms. The Morgan fingerprint density at radius 2 is 2.00 bits per heavy atom. The van der Waals surface area contributed by atoms with Crippen LogP contribution in [0.5, 0.6) is 0 Å². The second kappa shape index (κ2) is 5.62. The second-order valence-corrected chi connectivity index (χ2v) is 0.899. The Morgan fingerprint density at radius 1 is 1.57 bits per heavy atom. The first kappa shape index (κ1) is 9.80. The van der Waals surface area contributed by atoms with Crippen LogP contribution in [0.15, 0.2) is 4.99 Å². The van der Waals surface area contributed by atoms with Crippen molar-refractivity contribution in [1.82, 2.24) is 0 Å². The first-order valence-electron chi connectivity index (χ1n) is 1.82. The van der Waals surface area contributed by atoms with E-state index in [0.29, 0.717) is 6.54 Å². The number of rotatable bonds is 1. The summed E-state index contributed by atoms with van der Waals surface area (Å²) in [5.74, 6) is 0.164. The quantitative estimate of drug-likeness (QED) is 0.359. The van der Waals surface area contributed by atoms with Crippen molar-refractivity contribution in [2.24, 2.45) is 16.5 Å². The van der Waals surface area contributed by atoms with Crippen LogP contribution >= 0.6 is 13.5 Å². The summed E-state index contributed by atoms with van der Waals surface area (Å²) in [7, 11) is 0. The van der Waals surface area contributed by atoms with Gasteiger partial charge >= 0.3 is 0 Å². The van der Waals surface area contributed by atoms with E-state index in [1.165, 1.54) is 0 Å². The zero-order valence-corrected chi connectivity index (χ0v) is 5.31. The van der Waals surface area contributed by atoms with Crippen molar-refractivity contribution in [3.63, 3.8) is 0 Å². The van der Waals surface area contributed by atoms with Crippen molar-refractivity contribution in [2.45, 2.75) is 6.92 Å². The summed E-state index contributed by atoms with van der Waals surface area (Å²) in [6.45, 7) is 2.54. The third-order valence-corrected chi connectivity index (χ3v) is 0.341. The SMILES string of the molecule is CCN=C(N)N.S. The molecular formula is C3H11N3S. The molecule has 0 aromatic heterocycles. The highest BCUT2D eigenvalue weighted by Gasteiger charge is 1.68. The number of hydrogen-bond acceptors (Lipinski definition) is 1. The van der Waals surface area contributed by atoms with E-state index < -0.39 is 0 Å². The minimum absolute atomic E-state index is 0. The van der Waals surface area contributed by atoms with Crippen molar-refractivity contribution >= 4 is 19.5 Å². The summed E-state index contributed by atoms with van der Waals surface area (Å²) in [6.07, 6.45) is 0. The maximum absolute atomic E-state index is 4.93. The molecule has 0 rings (SSSR count). The fourth-order valence-electron chi connectivity index (χ4n) is 0.183. The molecule has 4 N–H and O–H groups in total. The van der Waals surface area contributed by atoms with E-state index in [1.54, 1.807) is 0 Å². The summed E-state index contributed by atoms with van der Waals surface area (Å²) in [5, 5.41) is 0. The first-order chi connectivity index (χ1) is 2.77. The van der Waals surface area contributed by atoms with Gasteiger partial charge in [0.15, 0.2) is 5.96 Å². The fourth-order valence-corrected chi connectivity index (χ4v) is 0.183. The van der Waals surface area contributed by atoms with Gasteiger partial charge in [-0.15, -0.1) is 0 Å². The monoisotopic (exact) mass is 121 g/mol. The highest BCUT2D eigenvalue weighted by atomic mass is 32.1. The second-order valence-electron chi connectivity index (χ2n) is 0.899. The summed E-state index contributed by atoms with van der Waals surface area (Å²) in [6, 6.07) is 0. The predicted octanol–water partition coefficient (Wildman–Crippen LogP) is -0.607. The molecule has 4 heteroatoms. The molecule has 0 amide bonds. The first-order valence-corrected chi connectivity index (χ1v) is 1.82. The lowest BCUT2D eigenvalue weighted by atomic mass is 10.8. The number of nitrogens with two attached hydrogens (primary N) is 2. The molecule has 0 radical (unpaired) electrons. The lowest BCUT2D eigenvalue weighted by molar-refractivity contribution is 1.11. The molecule has 0 saturated carbocycles. The highest BCUT2D eigenvalue weighted by Crippen LogP contribution is 1.58. The van der Waals surface area contributed by atoms with Crippen LogP contribution in [-0.4, -0.2) is 12.5 Å². The normalized spacial score (nSPS) is 6.43. The van der Waals surface area contributed by atoms with Gasteiger partial charge in [-0.05, 0) is 6.92 Å². The van der Waals surface area contributed by atoms with Gasteiger partial charge < -0.3 is 11.5 Å². The molecule has 0 atom stereocenters. The zero-order chi connectivity index (χ0) is 4.99. The molecule has 0 aromatic carbocycles. The van der Waals surface area contributed by atoms with Crippen LogP contribution in [0.1, 0.15) is 6.92 Å². The lowest BCUT2D eigenvalue weighted by Gasteiger charge is -1.82. The van der Waals surface area contributed by atoms with Gasteiger partial charge in [0.05, 0.1) is 0 Å². The van der Waals surface area contributed by atoms with Gasteiger partial charge in [0, 0.05) is 6.54 Å². The molecule has 0 saturated heterocycles. The fraction of sp³-hybridized carbons (Fsp3) is 0.667. The molecule has 0 unspecified atom stereocenters. The Kier molecular flexibility index (Phi) is 7.86. The molecule has 0 aliphatic heterocycles. The van der Waals surface area contributed by atoms with Crippen LogP contribution in [0.2, 0.25) is 0 Å². The van der Waals surface area contributed by atoms with Crippen LogP contribution < -0.4 is 11.5 Å². The van der Waals surface area contributed by atoms with Crippen LogP contribution in [0.3, 0.4) is 0 Å². The van der Waals surface area contributed by atoms with E-state index in [1.807, 2.05) is 6.92 Å². The summed E-state index contributed by atoms with van der Waals surface area (Å²) in [4.78, 5) is 3.60. The maximum Gasteiger partial charge on any atom is 0.185 e. The third kappa shape index (κ3) is 10.7. The van der Waals surface area contributed by atoms with Gasteiger partial charge in [-0.2, -0.15) is 13.5 Å². The molecule has 44 valence electrons. The van der Waals surface area contributed by atoms with E-state index in [-0.39, 0.29) is 19.5 Å². The van der Waals surface area contributed by atoms with Crippen LogP contribution in [-0.2, 0) is 0 Å². The van der Waals surface area contributed by atoms with Crippen molar-refractivity contribution in [3.8, 4) is 0 Å². The topological polar surface area (TPSA) is 64.4 Å². The van der Waals surface area contributed by atoms with E-state index >= 15 is 0 Å². The van der Waals surface area contributed by atoms with E-state index in [0.717, 1.165) is 0 Å². The minimum atomic E-state index is 0. The Balaban J connectivity index is 0. The molecule has 0 spiro atoms. The van der Waals surface area contributed by atoms with Gasteiger partial charge in [0.1, 0.15) is 0 Å². The Morgan fingerprint density at radius 3 is 2.00 bits per heavy atom. The standard InChI is InChI=1S/C3H9N3.H2S/c1-2-6-3(4)5;/h2H2,1H3,(H4,4,5,6);1H2. The van der Waals surface area contributed by atoms with E-state index in [9.17, 15) is 0 Å². The average Bonchev–Trinajstić information content (AvgIpc) is 1.35. The molecule has 0 fully saturated rings. The number of nitrogens with zero attached hydrogens (tertiary/aromatic N) is 1. The molecule has 0 bridgehead atoms. The summed E-state index contributed by atoms with van der Waals surface area (Å²) in [5.41, 5.74) is 9.86. The molecular weight excluding hydrogens is 110 g/mol. The Labute approximate surface area is 50.2 Å². The molecule has 0 aliphatic rings. The maximum atomic E-state index is 4.93. The van der Waals surface area contributed by atoms with Crippen molar-refractivity contribution in [1.29, 1.82) is 0 Å². The van der Waals surface area contributed by atoms with E-state index in [2.05, 4.69) is 4.99 Å². The zero-order valence-electron chi connectivity index (χ0n) is 4.31. The Hall–Kier alpha value is -0.380. The van der Waals surface area contributed by atoms with Gasteiger partial charge in [-0.25, -0.2) is 0 Å².